The highest BCUT2D eigenvalue weighted by molar-refractivity contribution is 14.0. The quantitative estimate of drug-likeness (QED) is 0.321. The number of halogens is 1. The molecular weight excluding hydrogens is 473 g/mol. The van der Waals surface area contributed by atoms with Gasteiger partial charge in [0.2, 0.25) is 0 Å². The highest BCUT2D eigenvalue weighted by Gasteiger charge is 2.25. The topological polar surface area (TPSA) is 62.7 Å². The summed E-state index contributed by atoms with van der Waals surface area (Å²) in [6.07, 6.45) is 5.18. The van der Waals surface area contributed by atoms with E-state index >= 15 is 0 Å². The van der Waals surface area contributed by atoms with Gasteiger partial charge in [-0.15, -0.1) is 24.0 Å². The minimum atomic E-state index is -0.700. The van der Waals surface area contributed by atoms with Crippen LogP contribution in [-0.4, -0.2) is 47.4 Å². The smallest absolute Gasteiger partial charge is 0.191 e. The number of nitrogens with one attached hydrogen (secondary N) is 2. The van der Waals surface area contributed by atoms with Gasteiger partial charge in [0.25, 0.3) is 0 Å². The molecule has 0 aromatic heterocycles. The molecule has 1 fully saturated rings. The molecule has 3 atom stereocenters. The monoisotopic (exact) mass is 507 g/mol. The molecule has 0 amide bonds. The van der Waals surface area contributed by atoms with Crippen LogP contribution in [-0.2, 0) is 17.2 Å². The summed E-state index contributed by atoms with van der Waals surface area (Å²) in [6.45, 7) is 5.48. The molecule has 7 heteroatoms. The van der Waals surface area contributed by atoms with E-state index in [0.717, 1.165) is 56.1 Å². The lowest BCUT2D eigenvalue weighted by atomic mass is 9.95. The molecule has 1 aliphatic rings. The predicted octanol–water partition coefficient (Wildman–Crippen LogP) is 3.49. The van der Waals surface area contributed by atoms with Crippen molar-refractivity contribution in [1.82, 2.24) is 10.6 Å². The first-order valence-corrected chi connectivity index (χ1v) is 11.1. The maximum Gasteiger partial charge on any atom is 0.191 e. The van der Waals surface area contributed by atoms with Crippen molar-refractivity contribution >= 4 is 40.7 Å². The summed E-state index contributed by atoms with van der Waals surface area (Å²) in [5.41, 5.74) is 1.20. The number of rotatable bonds is 8. The second-order valence-electron chi connectivity index (χ2n) is 6.59. The lowest BCUT2D eigenvalue weighted by Gasteiger charge is -2.30. The van der Waals surface area contributed by atoms with Gasteiger partial charge in [0, 0.05) is 41.4 Å². The van der Waals surface area contributed by atoms with E-state index in [-0.39, 0.29) is 24.0 Å². The molecule has 154 valence electrons. The van der Waals surface area contributed by atoms with Crippen LogP contribution in [0.3, 0.4) is 0 Å². The van der Waals surface area contributed by atoms with Gasteiger partial charge in [-0.05, 0) is 44.2 Å². The zero-order valence-corrected chi connectivity index (χ0v) is 19.8. The van der Waals surface area contributed by atoms with Crippen LogP contribution in [0.1, 0.15) is 45.1 Å². The number of para-hydroxylation sites is 1. The maximum absolute atomic E-state index is 12.1. The van der Waals surface area contributed by atoms with Gasteiger partial charge in [-0.25, -0.2) is 0 Å². The zero-order chi connectivity index (χ0) is 18.8. The minimum absolute atomic E-state index is 0. The SMILES string of the molecule is CCOc1ccccc1CCNC(=NC)NC1CCCC(S(=O)CC)C1.I. The second-order valence-corrected chi connectivity index (χ2v) is 8.59. The number of aliphatic imine (C=N–C) groups is 1. The molecule has 0 heterocycles. The molecule has 0 aliphatic heterocycles. The summed E-state index contributed by atoms with van der Waals surface area (Å²) in [6, 6.07) is 8.52. The molecule has 0 radical (unpaired) electrons. The molecule has 2 rings (SSSR count). The first-order chi connectivity index (χ1) is 12.7. The molecule has 0 bridgehead atoms. The van der Waals surface area contributed by atoms with Gasteiger partial charge in [-0.2, -0.15) is 0 Å². The average molecular weight is 507 g/mol. The van der Waals surface area contributed by atoms with E-state index in [1.165, 1.54) is 5.56 Å². The number of hydrogen-bond acceptors (Lipinski definition) is 3. The first kappa shape index (κ1) is 24.2. The number of benzene rings is 1. The molecule has 1 aliphatic carbocycles. The van der Waals surface area contributed by atoms with Crippen molar-refractivity contribution in [2.75, 3.05) is 26.0 Å². The van der Waals surface area contributed by atoms with Crippen molar-refractivity contribution in [3.63, 3.8) is 0 Å². The van der Waals surface area contributed by atoms with Crippen molar-refractivity contribution in [2.45, 2.75) is 57.2 Å². The summed E-state index contributed by atoms with van der Waals surface area (Å²) in [5, 5.41) is 7.24. The fourth-order valence-electron chi connectivity index (χ4n) is 3.46. The van der Waals surface area contributed by atoms with Crippen molar-refractivity contribution in [1.29, 1.82) is 0 Å². The van der Waals surface area contributed by atoms with Gasteiger partial charge in [0.15, 0.2) is 5.96 Å². The molecule has 2 N–H and O–H groups in total. The molecule has 1 aromatic rings. The Bertz CT molecular complexity index is 613. The minimum Gasteiger partial charge on any atom is -0.494 e. The third-order valence-corrected chi connectivity index (χ3v) is 6.55. The Morgan fingerprint density at radius 1 is 1.30 bits per heavy atom. The standard InChI is InChI=1S/C20H33N3O2S.HI/c1-4-25-19-12-7-6-9-16(19)13-14-22-20(21-3)23-17-10-8-11-18(15-17)26(24)5-2;/h6-7,9,12,17-18H,4-5,8,10-11,13-15H2,1-3H3,(H2,21,22,23);1H. The van der Waals surface area contributed by atoms with E-state index in [9.17, 15) is 4.21 Å². The number of ether oxygens (including phenoxy) is 1. The highest BCUT2D eigenvalue weighted by atomic mass is 127. The van der Waals surface area contributed by atoms with E-state index in [1.54, 1.807) is 7.05 Å². The van der Waals surface area contributed by atoms with E-state index in [1.807, 2.05) is 32.0 Å². The van der Waals surface area contributed by atoms with E-state index in [0.29, 0.717) is 17.9 Å². The van der Waals surface area contributed by atoms with Crippen LogP contribution >= 0.6 is 24.0 Å². The van der Waals surface area contributed by atoms with Gasteiger partial charge in [-0.3, -0.25) is 9.20 Å². The third-order valence-electron chi connectivity index (χ3n) is 4.81. The van der Waals surface area contributed by atoms with Crippen LogP contribution in [0.2, 0.25) is 0 Å². The van der Waals surface area contributed by atoms with Gasteiger partial charge in [-0.1, -0.05) is 31.5 Å². The Labute approximate surface area is 183 Å². The van der Waals surface area contributed by atoms with Crippen LogP contribution in [0.15, 0.2) is 29.3 Å². The third kappa shape index (κ3) is 7.97. The fraction of sp³-hybridized carbons (Fsp3) is 0.650. The van der Waals surface area contributed by atoms with Crippen LogP contribution in [0.5, 0.6) is 5.75 Å². The lowest BCUT2D eigenvalue weighted by molar-refractivity contribution is 0.336. The van der Waals surface area contributed by atoms with E-state index in [4.69, 9.17) is 4.74 Å². The van der Waals surface area contributed by atoms with E-state index < -0.39 is 10.8 Å². The van der Waals surface area contributed by atoms with Crippen molar-refractivity contribution in [3.8, 4) is 5.75 Å². The highest BCUT2D eigenvalue weighted by Crippen LogP contribution is 2.23. The molecule has 0 spiro atoms. The fourth-order valence-corrected chi connectivity index (χ4v) is 4.81. The molecule has 3 unspecified atom stereocenters. The van der Waals surface area contributed by atoms with Gasteiger partial charge in [0.05, 0.1) is 6.61 Å². The summed E-state index contributed by atoms with van der Waals surface area (Å²) in [5.74, 6) is 2.53. The Kier molecular flexibility index (Phi) is 12.0. The number of nitrogens with zero attached hydrogens (tertiary/aromatic N) is 1. The van der Waals surface area contributed by atoms with Gasteiger partial charge in [0.1, 0.15) is 5.75 Å². The normalized spacial score (nSPS) is 21.1. The number of guanidine groups is 1. The molecule has 1 aromatic carbocycles. The van der Waals surface area contributed by atoms with Crippen LogP contribution in [0, 0.1) is 0 Å². The van der Waals surface area contributed by atoms with Gasteiger partial charge >= 0.3 is 0 Å². The predicted molar refractivity (Wildman–Crippen MR) is 126 cm³/mol. The van der Waals surface area contributed by atoms with Crippen molar-refractivity contribution < 1.29 is 8.95 Å². The molecule has 1 saturated carbocycles. The van der Waals surface area contributed by atoms with Crippen LogP contribution < -0.4 is 15.4 Å². The van der Waals surface area contributed by atoms with Crippen molar-refractivity contribution in [2.24, 2.45) is 4.99 Å². The second kappa shape index (κ2) is 13.4. The maximum atomic E-state index is 12.1. The average Bonchev–Trinajstić information content (AvgIpc) is 2.68. The largest absolute Gasteiger partial charge is 0.494 e. The Hall–Kier alpha value is -0.830. The summed E-state index contributed by atoms with van der Waals surface area (Å²) < 4.78 is 17.8. The Morgan fingerprint density at radius 3 is 2.78 bits per heavy atom. The summed E-state index contributed by atoms with van der Waals surface area (Å²) >= 11 is 0. The zero-order valence-electron chi connectivity index (χ0n) is 16.7. The van der Waals surface area contributed by atoms with Crippen LogP contribution in [0.4, 0.5) is 0 Å². The lowest BCUT2D eigenvalue weighted by Crippen LogP contribution is -2.47. The van der Waals surface area contributed by atoms with Gasteiger partial charge < -0.3 is 15.4 Å². The van der Waals surface area contributed by atoms with Crippen LogP contribution in [0.25, 0.3) is 0 Å². The molecule has 5 nitrogen and oxygen atoms in total. The summed E-state index contributed by atoms with van der Waals surface area (Å²) in [4.78, 5) is 4.35. The van der Waals surface area contributed by atoms with E-state index in [2.05, 4.69) is 21.7 Å². The number of hydrogen-bond donors (Lipinski definition) is 2. The Balaban J connectivity index is 0.00000364. The van der Waals surface area contributed by atoms with Crippen molar-refractivity contribution in [3.05, 3.63) is 29.8 Å². The Morgan fingerprint density at radius 2 is 2.07 bits per heavy atom. The molecule has 27 heavy (non-hydrogen) atoms. The summed E-state index contributed by atoms with van der Waals surface area (Å²) in [7, 11) is 1.10. The molecule has 0 saturated heterocycles. The first-order valence-electron chi connectivity index (χ1n) is 9.73. The molecular formula is C20H34IN3O2S.